The van der Waals surface area contributed by atoms with E-state index in [0.29, 0.717) is 5.69 Å². The van der Waals surface area contributed by atoms with Crippen molar-refractivity contribution < 1.29 is 4.79 Å². The van der Waals surface area contributed by atoms with Gasteiger partial charge in [0.05, 0.1) is 6.33 Å². The number of hydrogen-bond acceptors (Lipinski definition) is 3. The Morgan fingerprint density at radius 2 is 2.17 bits per heavy atom. The number of likely N-dealkylation sites (tertiary alicyclic amines) is 1. The molecule has 2 heterocycles. The van der Waals surface area contributed by atoms with Crippen LogP contribution in [0.3, 0.4) is 0 Å². The minimum absolute atomic E-state index is 0.0823. The van der Waals surface area contributed by atoms with Crippen molar-refractivity contribution in [3.05, 3.63) is 52.5 Å². The average molecular weight is 377 g/mol. The Labute approximate surface area is 144 Å². The number of nitrogens with one attached hydrogen (secondary N) is 1. The standard InChI is InChI=1S/C17H21BrN4O/c1-21-11-16(19-12-21)17(23)20-15-3-2-8-22(10-15)9-13-4-6-14(18)7-5-13/h4-7,11-12,15H,2-3,8-10H2,1H3,(H,20,23). The first-order valence-electron chi connectivity index (χ1n) is 7.86. The summed E-state index contributed by atoms with van der Waals surface area (Å²) in [7, 11) is 1.87. The largest absolute Gasteiger partial charge is 0.347 e. The van der Waals surface area contributed by atoms with Crippen molar-refractivity contribution in [1.29, 1.82) is 0 Å². The summed E-state index contributed by atoms with van der Waals surface area (Å²) in [6, 6.07) is 8.60. The van der Waals surface area contributed by atoms with Crippen LogP contribution in [0.25, 0.3) is 0 Å². The second-order valence-corrected chi connectivity index (χ2v) is 7.01. The Morgan fingerprint density at radius 3 is 2.87 bits per heavy atom. The van der Waals surface area contributed by atoms with Crippen LogP contribution in [0.15, 0.2) is 41.3 Å². The first-order chi connectivity index (χ1) is 11.1. The number of amides is 1. The van der Waals surface area contributed by atoms with Gasteiger partial charge in [0.25, 0.3) is 5.91 Å². The second kappa shape index (κ2) is 7.27. The third-order valence-electron chi connectivity index (χ3n) is 4.10. The van der Waals surface area contributed by atoms with Crippen LogP contribution in [0.4, 0.5) is 0 Å². The Kier molecular flexibility index (Phi) is 5.13. The quantitative estimate of drug-likeness (QED) is 0.891. The van der Waals surface area contributed by atoms with E-state index in [1.807, 2.05) is 7.05 Å². The van der Waals surface area contributed by atoms with Gasteiger partial charge in [0, 0.05) is 36.8 Å². The van der Waals surface area contributed by atoms with Crippen LogP contribution in [-0.4, -0.2) is 39.5 Å². The van der Waals surface area contributed by atoms with E-state index in [0.717, 1.165) is 36.9 Å². The molecule has 1 saturated heterocycles. The van der Waals surface area contributed by atoms with Crippen molar-refractivity contribution in [2.45, 2.75) is 25.4 Å². The van der Waals surface area contributed by atoms with Crippen LogP contribution in [0.2, 0.25) is 0 Å². The fourth-order valence-electron chi connectivity index (χ4n) is 2.95. The zero-order chi connectivity index (χ0) is 16.2. The fourth-order valence-corrected chi connectivity index (χ4v) is 3.22. The Hall–Kier alpha value is -1.66. The minimum atomic E-state index is -0.0823. The fraction of sp³-hybridized carbons (Fsp3) is 0.412. The van der Waals surface area contributed by atoms with E-state index in [9.17, 15) is 4.79 Å². The van der Waals surface area contributed by atoms with Crippen LogP contribution >= 0.6 is 15.9 Å². The number of carbonyl (C=O) groups excluding carboxylic acids is 1. The predicted molar refractivity (Wildman–Crippen MR) is 93.1 cm³/mol. The molecule has 6 heteroatoms. The molecule has 1 N–H and O–H groups in total. The number of halogens is 1. The number of benzene rings is 1. The maximum absolute atomic E-state index is 12.2. The maximum atomic E-state index is 12.2. The molecule has 3 rings (SSSR count). The van der Waals surface area contributed by atoms with Gasteiger partial charge in [0.2, 0.25) is 0 Å². The first-order valence-corrected chi connectivity index (χ1v) is 8.65. The summed E-state index contributed by atoms with van der Waals surface area (Å²) in [4.78, 5) is 18.7. The average Bonchev–Trinajstić information content (AvgIpc) is 2.97. The van der Waals surface area contributed by atoms with Gasteiger partial charge in [-0.15, -0.1) is 0 Å². The molecular formula is C17H21BrN4O. The molecule has 122 valence electrons. The molecule has 1 aromatic carbocycles. The van der Waals surface area contributed by atoms with Gasteiger partial charge in [0.15, 0.2) is 0 Å². The first kappa shape index (κ1) is 16.2. The Balaban J connectivity index is 1.55. The summed E-state index contributed by atoms with van der Waals surface area (Å²) in [5.74, 6) is -0.0823. The van der Waals surface area contributed by atoms with Gasteiger partial charge in [-0.2, -0.15) is 0 Å². The van der Waals surface area contributed by atoms with Crippen LogP contribution in [0.1, 0.15) is 28.9 Å². The molecule has 1 aromatic heterocycles. The molecule has 2 aromatic rings. The third kappa shape index (κ3) is 4.42. The molecule has 23 heavy (non-hydrogen) atoms. The SMILES string of the molecule is Cn1cnc(C(=O)NC2CCCN(Cc3ccc(Br)cc3)C2)c1. The van der Waals surface area contributed by atoms with E-state index in [1.165, 1.54) is 5.56 Å². The topological polar surface area (TPSA) is 50.2 Å². The van der Waals surface area contributed by atoms with Crippen molar-refractivity contribution in [2.24, 2.45) is 7.05 Å². The predicted octanol–water partition coefficient (Wildman–Crippen LogP) is 2.58. The lowest BCUT2D eigenvalue weighted by Crippen LogP contribution is -2.47. The highest BCUT2D eigenvalue weighted by Crippen LogP contribution is 2.16. The molecule has 1 fully saturated rings. The van der Waals surface area contributed by atoms with Crippen molar-refractivity contribution in [1.82, 2.24) is 19.8 Å². The summed E-state index contributed by atoms with van der Waals surface area (Å²) in [5, 5.41) is 3.11. The molecule has 0 aliphatic carbocycles. The summed E-state index contributed by atoms with van der Waals surface area (Å²) in [5.41, 5.74) is 1.78. The van der Waals surface area contributed by atoms with E-state index in [2.05, 4.69) is 55.4 Å². The summed E-state index contributed by atoms with van der Waals surface area (Å²) >= 11 is 3.46. The van der Waals surface area contributed by atoms with Crippen molar-refractivity contribution >= 4 is 21.8 Å². The van der Waals surface area contributed by atoms with E-state index >= 15 is 0 Å². The molecular weight excluding hydrogens is 356 g/mol. The maximum Gasteiger partial charge on any atom is 0.271 e. The summed E-state index contributed by atoms with van der Waals surface area (Å²) in [6.07, 6.45) is 5.52. The molecule has 0 spiro atoms. The number of imidazole rings is 1. The van der Waals surface area contributed by atoms with Gasteiger partial charge in [-0.3, -0.25) is 9.69 Å². The van der Waals surface area contributed by atoms with Crippen LogP contribution in [0.5, 0.6) is 0 Å². The number of hydrogen-bond donors (Lipinski definition) is 1. The van der Waals surface area contributed by atoms with Gasteiger partial charge in [-0.25, -0.2) is 4.98 Å². The molecule has 1 atom stereocenters. The molecule has 0 radical (unpaired) electrons. The summed E-state index contributed by atoms with van der Waals surface area (Å²) < 4.78 is 2.88. The van der Waals surface area contributed by atoms with Gasteiger partial charge < -0.3 is 9.88 Å². The molecule has 1 aliphatic heterocycles. The number of rotatable bonds is 4. The third-order valence-corrected chi connectivity index (χ3v) is 4.63. The Morgan fingerprint density at radius 1 is 1.39 bits per heavy atom. The lowest BCUT2D eigenvalue weighted by Gasteiger charge is -2.33. The molecule has 5 nitrogen and oxygen atoms in total. The zero-order valence-corrected chi connectivity index (χ0v) is 14.8. The second-order valence-electron chi connectivity index (χ2n) is 6.10. The number of piperidine rings is 1. The van der Waals surface area contributed by atoms with Gasteiger partial charge in [0.1, 0.15) is 5.69 Å². The van der Waals surface area contributed by atoms with Crippen LogP contribution < -0.4 is 5.32 Å². The highest BCUT2D eigenvalue weighted by Gasteiger charge is 2.22. The lowest BCUT2D eigenvalue weighted by atomic mass is 10.0. The van der Waals surface area contributed by atoms with E-state index in [-0.39, 0.29) is 11.9 Å². The Bertz CT molecular complexity index is 667. The van der Waals surface area contributed by atoms with E-state index in [4.69, 9.17) is 0 Å². The lowest BCUT2D eigenvalue weighted by molar-refractivity contribution is 0.0896. The molecule has 1 aliphatic rings. The molecule has 1 unspecified atom stereocenters. The van der Waals surface area contributed by atoms with Crippen molar-refractivity contribution in [3.8, 4) is 0 Å². The monoisotopic (exact) mass is 376 g/mol. The number of carbonyl (C=O) groups is 1. The number of aryl methyl sites for hydroxylation is 1. The highest BCUT2D eigenvalue weighted by atomic mass is 79.9. The van der Waals surface area contributed by atoms with E-state index < -0.39 is 0 Å². The highest BCUT2D eigenvalue weighted by molar-refractivity contribution is 9.10. The zero-order valence-electron chi connectivity index (χ0n) is 13.2. The number of aromatic nitrogens is 2. The summed E-state index contributed by atoms with van der Waals surface area (Å²) in [6.45, 7) is 2.88. The molecule has 0 bridgehead atoms. The van der Waals surface area contributed by atoms with E-state index in [1.54, 1.807) is 17.1 Å². The minimum Gasteiger partial charge on any atom is -0.347 e. The smallest absolute Gasteiger partial charge is 0.271 e. The van der Waals surface area contributed by atoms with Crippen LogP contribution in [-0.2, 0) is 13.6 Å². The van der Waals surface area contributed by atoms with Crippen molar-refractivity contribution in [2.75, 3.05) is 13.1 Å². The van der Waals surface area contributed by atoms with Crippen LogP contribution in [0, 0.1) is 0 Å². The normalized spacial score (nSPS) is 18.8. The number of nitrogens with zero attached hydrogens (tertiary/aromatic N) is 3. The van der Waals surface area contributed by atoms with Crippen molar-refractivity contribution in [3.63, 3.8) is 0 Å². The van der Waals surface area contributed by atoms with Gasteiger partial charge in [-0.1, -0.05) is 28.1 Å². The van der Waals surface area contributed by atoms with Gasteiger partial charge in [-0.05, 0) is 37.1 Å². The van der Waals surface area contributed by atoms with Gasteiger partial charge >= 0.3 is 0 Å². The molecule has 0 saturated carbocycles. The molecule has 1 amide bonds.